The predicted octanol–water partition coefficient (Wildman–Crippen LogP) is 0.859. The van der Waals surface area contributed by atoms with E-state index in [2.05, 4.69) is 20.7 Å². The van der Waals surface area contributed by atoms with E-state index in [0.29, 0.717) is 6.42 Å². The van der Waals surface area contributed by atoms with Crippen LogP contribution in [0.15, 0.2) is 0 Å². The number of halogens is 1. The highest BCUT2D eigenvalue weighted by atomic mass is 79.9. The number of alkyl halides is 1. The van der Waals surface area contributed by atoms with E-state index >= 15 is 0 Å². The van der Waals surface area contributed by atoms with Crippen molar-refractivity contribution in [3.63, 3.8) is 0 Å². The normalized spacial score (nSPS) is 30.4. The van der Waals surface area contributed by atoms with Crippen molar-refractivity contribution in [3.8, 4) is 0 Å². The predicted molar refractivity (Wildman–Crippen MR) is 27.7 cm³/mol. The summed E-state index contributed by atoms with van der Waals surface area (Å²) in [4.78, 5) is 10.2. The van der Waals surface area contributed by atoms with Gasteiger partial charge in [0.2, 0.25) is 0 Å². The highest BCUT2D eigenvalue weighted by molar-refractivity contribution is 9.10. The van der Waals surface area contributed by atoms with Gasteiger partial charge in [-0.1, -0.05) is 15.9 Å². The molecule has 1 fully saturated rings. The van der Waals surface area contributed by atoms with Gasteiger partial charge in [-0.3, -0.25) is 4.79 Å². The van der Waals surface area contributed by atoms with Gasteiger partial charge >= 0.3 is 5.97 Å². The second-order valence-electron chi connectivity index (χ2n) is 1.31. The Morgan fingerprint density at radius 1 is 2.00 bits per heavy atom. The topological polar surface area (TPSA) is 26.3 Å². The molecule has 0 amide bonds. The number of carbonyl (C=O) groups is 1. The minimum absolute atomic E-state index is 0.0903. The van der Waals surface area contributed by atoms with Crippen molar-refractivity contribution in [3.05, 3.63) is 6.61 Å². The Hall–Kier alpha value is -0.0500. The first-order valence-corrected chi connectivity index (χ1v) is 2.88. The number of rotatable bonds is 0. The van der Waals surface area contributed by atoms with Crippen molar-refractivity contribution in [2.45, 2.75) is 11.2 Å². The number of carbonyl (C=O) groups excluding carboxylic acids is 1. The maximum atomic E-state index is 10.3. The van der Waals surface area contributed by atoms with Gasteiger partial charge in [-0.05, 0) is 0 Å². The standard InChI is InChI=1S/C4H4BrO2/c5-3-1-2-7-4(3)6/h2-3H,1H2. The van der Waals surface area contributed by atoms with Crippen LogP contribution in [0.25, 0.3) is 0 Å². The Balaban J connectivity index is 2.48. The van der Waals surface area contributed by atoms with Crippen molar-refractivity contribution < 1.29 is 9.53 Å². The molecule has 1 radical (unpaired) electrons. The number of ether oxygens (including phenoxy) is 1. The third kappa shape index (κ3) is 0.938. The largest absolute Gasteiger partial charge is 0.458 e. The van der Waals surface area contributed by atoms with Crippen LogP contribution < -0.4 is 0 Å². The van der Waals surface area contributed by atoms with Crippen LogP contribution in [0.4, 0.5) is 0 Å². The van der Waals surface area contributed by atoms with Crippen molar-refractivity contribution in [2.75, 3.05) is 0 Å². The van der Waals surface area contributed by atoms with Gasteiger partial charge in [0.25, 0.3) is 0 Å². The molecule has 2 nitrogen and oxygen atoms in total. The number of hydrogen-bond acceptors (Lipinski definition) is 2. The van der Waals surface area contributed by atoms with E-state index in [1.54, 1.807) is 0 Å². The summed E-state index contributed by atoms with van der Waals surface area (Å²) in [6.45, 7) is 1.50. The molecule has 1 aliphatic heterocycles. The molecule has 0 saturated carbocycles. The summed E-state index contributed by atoms with van der Waals surface area (Å²) >= 11 is 3.10. The fourth-order valence-electron chi connectivity index (χ4n) is 0.385. The van der Waals surface area contributed by atoms with Crippen molar-refractivity contribution in [1.29, 1.82) is 0 Å². The Kier molecular flexibility index (Phi) is 1.32. The summed E-state index contributed by atoms with van der Waals surface area (Å²) in [6, 6.07) is 0. The van der Waals surface area contributed by atoms with Crippen molar-refractivity contribution in [1.82, 2.24) is 0 Å². The first-order valence-electron chi connectivity index (χ1n) is 1.97. The zero-order valence-corrected chi connectivity index (χ0v) is 5.14. The second-order valence-corrected chi connectivity index (χ2v) is 2.41. The first-order chi connectivity index (χ1) is 3.30. The molecule has 39 valence electrons. The monoisotopic (exact) mass is 163 g/mol. The van der Waals surface area contributed by atoms with E-state index in [1.165, 1.54) is 6.61 Å². The third-order valence-electron chi connectivity index (χ3n) is 0.758. The molecule has 1 aliphatic rings. The van der Waals surface area contributed by atoms with Crippen LogP contribution in [0.1, 0.15) is 6.42 Å². The lowest BCUT2D eigenvalue weighted by Gasteiger charge is -1.86. The molecule has 0 N–H and O–H groups in total. The molecule has 1 heterocycles. The summed E-state index contributed by atoms with van der Waals surface area (Å²) in [5.41, 5.74) is 0. The molecule has 0 aromatic heterocycles. The summed E-state index contributed by atoms with van der Waals surface area (Å²) in [5, 5.41) is 0. The zero-order valence-electron chi connectivity index (χ0n) is 3.56. The molecule has 3 heteroatoms. The molecular formula is C4H4BrO2. The second kappa shape index (κ2) is 1.82. The third-order valence-corrected chi connectivity index (χ3v) is 1.51. The molecule has 7 heavy (non-hydrogen) atoms. The van der Waals surface area contributed by atoms with E-state index in [1.807, 2.05) is 0 Å². The van der Waals surface area contributed by atoms with Crippen LogP contribution in [0, 0.1) is 6.61 Å². The highest BCUT2D eigenvalue weighted by Gasteiger charge is 2.23. The van der Waals surface area contributed by atoms with Gasteiger partial charge in [-0.25, -0.2) is 0 Å². The average Bonchev–Trinajstić information content (AvgIpc) is 1.91. The Bertz CT molecular complexity index is 91.7. The molecule has 1 rings (SSSR count). The van der Waals surface area contributed by atoms with Crippen LogP contribution in [0.3, 0.4) is 0 Å². The summed E-state index contributed by atoms with van der Waals surface area (Å²) < 4.78 is 4.45. The fraction of sp³-hybridized carbons (Fsp3) is 0.500. The molecule has 0 aliphatic carbocycles. The van der Waals surface area contributed by atoms with E-state index < -0.39 is 0 Å². The van der Waals surface area contributed by atoms with Gasteiger partial charge in [0.15, 0.2) is 0 Å². The van der Waals surface area contributed by atoms with Crippen LogP contribution in [0.5, 0.6) is 0 Å². The average molecular weight is 164 g/mol. The molecule has 0 bridgehead atoms. The van der Waals surface area contributed by atoms with Gasteiger partial charge in [0.1, 0.15) is 11.4 Å². The lowest BCUT2D eigenvalue weighted by Crippen LogP contribution is -2.03. The fourth-order valence-corrected chi connectivity index (χ4v) is 0.645. The zero-order chi connectivity index (χ0) is 5.28. The lowest BCUT2D eigenvalue weighted by atomic mass is 10.4. The lowest BCUT2D eigenvalue weighted by molar-refractivity contribution is -0.135. The summed E-state index contributed by atoms with van der Waals surface area (Å²) in [7, 11) is 0. The van der Waals surface area contributed by atoms with Gasteiger partial charge in [0, 0.05) is 6.42 Å². The molecule has 1 unspecified atom stereocenters. The quantitative estimate of drug-likeness (QED) is 0.392. The van der Waals surface area contributed by atoms with E-state index in [9.17, 15) is 4.79 Å². The summed E-state index contributed by atoms with van der Waals surface area (Å²) in [6.07, 6.45) is 0.693. The Morgan fingerprint density at radius 3 is 2.86 bits per heavy atom. The van der Waals surface area contributed by atoms with Crippen molar-refractivity contribution >= 4 is 21.9 Å². The molecule has 0 aromatic carbocycles. The molecule has 1 atom stereocenters. The van der Waals surface area contributed by atoms with Crippen molar-refractivity contribution in [2.24, 2.45) is 0 Å². The van der Waals surface area contributed by atoms with E-state index in [-0.39, 0.29) is 10.8 Å². The van der Waals surface area contributed by atoms with Crippen LogP contribution in [-0.4, -0.2) is 10.8 Å². The number of esters is 1. The molecule has 0 spiro atoms. The van der Waals surface area contributed by atoms with Crippen LogP contribution >= 0.6 is 15.9 Å². The molecule has 0 aromatic rings. The maximum Gasteiger partial charge on any atom is 0.320 e. The van der Waals surface area contributed by atoms with Gasteiger partial charge < -0.3 is 4.74 Å². The summed E-state index contributed by atoms with van der Waals surface area (Å²) in [5.74, 6) is -0.181. The first kappa shape index (κ1) is 5.09. The van der Waals surface area contributed by atoms with Crippen LogP contribution in [-0.2, 0) is 9.53 Å². The maximum absolute atomic E-state index is 10.3. The SMILES string of the molecule is O=C1O[CH]CC1Br. The van der Waals surface area contributed by atoms with E-state index in [4.69, 9.17) is 0 Å². The van der Waals surface area contributed by atoms with Gasteiger partial charge in [0.05, 0.1) is 0 Å². The highest BCUT2D eigenvalue weighted by Crippen LogP contribution is 2.16. The van der Waals surface area contributed by atoms with Gasteiger partial charge in [-0.15, -0.1) is 0 Å². The number of hydrogen-bond donors (Lipinski definition) is 0. The van der Waals surface area contributed by atoms with Gasteiger partial charge in [-0.2, -0.15) is 0 Å². The minimum Gasteiger partial charge on any atom is -0.458 e. The minimum atomic E-state index is -0.181. The number of cyclic esters (lactones) is 1. The van der Waals surface area contributed by atoms with E-state index in [0.717, 1.165) is 0 Å². The Labute approximate surface area is 50.0 Å². The smallest absolute Gasteiger partial charge is 0.320 e. The molecule has 1 saturated heterocycles. The van der Waals surface area contributed by atoms with Crippen LogP contribution in [0.2, 0.25) is 0 Å². The molecular weight excluding hydrogens is 160 g/mol. The Morgan fingerprint density at radius 2 is 2.71 bits per heavy atom.